The highest BCUT2D eigenvalue weighted by molar-refractivity contribution is 8.02. The normalized spacial score (nSPS) is 14.2. The smallest absolute Gasteiger partial charge is 0.192 e. The molecule has 1 aliphatic heterocycles. The average Bonchev–Trinajstić information content (AvgIpc) is 2.98. The number of anilines is 2. The number of nitrogens with zero attached hydrogens (tertiary/aromatic N) is 1. The van der Waals surface area contributed by atoms with Gasteiger partial charge in [0.25, 0.3) is 0 Å². The Labute approximate surface area is 144 Å². The van der Waals surface area contributed by atoms with Gasteiger partial charge in [-0.2, -0.15) is 0 Å². The first kappa shape index (κ1) is 16.7. The highest BCUT2D eigenvalue weighted by Gasteiger charge is 2.28. The number of benzene rings is 2. The molecule has 3 rings (SSSR count). The molecule has 2 aromatic carbocycles. The van der Waals surface area contributed by atoms with Crippen LogP contribution in [0.3, 0.4) is 0 Å². The zero-order valence-electron chi connectivity index (χ0n) is 14.5. The van der Waals surface area contributed by atoms with E-state index >= 15 is 0 Å². The standard InChI is InChI=1S/C18H26N2OSSi/c1-5-23(6-2,7-3)21-13-14-8-9-15-10-11-17-18(16(15)12-14)20(4)22-19-17/h8-12,19H,5-7,13H2,1-4H3. The molecule has 2 aromatic rings. The monoisotopic (exact) mass is 346 g/mol. The van der Waals surface area contributed by atoms with Crippen molar-refractivity contribution < 1.29 is 4.43 Å². The fourth-order valence-corrected chi connectivity index (χ4v) is 6.59. The van der Waals surface area contributed by atoms with E-state index in [1.165, 1.54) is 45.8 Å². The van der Waals surface area contributed by atoms with E-state index in [4.69, 9.17) is 4.43 Å². The van der Waals surface area contributed by atoms with Crippen LogP contribution in [0.15, 0.2) is 30.3 Å². The molecule has 0 aliphatic carbocycles. The van der Waals surface area contributed by atoms with Gasteiger partial charge in [-0.15, -0.1) is 0 Å². The third-order valence-electron chi connectivity index (χ3n) is 5.14. The lowest BCUT2D eigenvalue weighted by molar-refractivity contribution is 0.287. The molecule has 23 heavy (non-hydrogen) atoms. The van der Waals surface area contributed by atoms with Crippen LogP contribution < -0.4 is 9.03 Å². The summed E-state index contributed by atoms with van der Waals surface area (Å²) in [5.74, 6) is 0. The molecule has 0 amide bonds. The molecule has 1 aliphatic rings. The van der Waals surface area contributed by atoms with E-state index in [1.807, 2.05) is 0 Å². The summed E-state index contributed by atoms with van der Waals surface area (Å²) in [5, 5.41) is 2.59. The van der Waals surface area contributed by atoms with Crippen LogP contribution in [0.25, 0.3) is 10.8 Å². The number of hydrogen-bond acceptors (Lipinski definition) is 4. The van der Waals surface area contributed by atoms with Crippen molar-refractivity contribution in [3.8, 4) is 0 Å². The molecule has 0 saturated heterocycles. The zero-order valence-corrected chi connectivity index (χ0v) is 16.3. The van der Waals surface area contributed by atoms with Crippen LogP contribution in [0, 0.1) is 0 Å². The van der Waals surface area contributed by atoms with Crippen LogP contribution in [-0.4, -0.2) is 15.4 Å². The second kappa shape index (κ2) is 6.75. The molecule has 1 N–H and O–H groups in total. The van der Waals surface area contributed by atoms with Gasteiger partial charge < -0.3 is 9.15 Å². The van der Waals surface area contributed by atoms with E-state index in [0.717, 1.165) is 6.61 Å². The maximum absolute atomic E-state index is 6.46. The summed E-state index contributed by atoms with van der Waals surface area (Å²) in [6.07, 6.45) is 0. The van der Waals surface area contributed by atoms with Crippen molar-refractivity contribution in [2.75, 3.05) is 16.1 Å². The van der Waals surface area contributed by atoms with Gasteiger partial charge in [0, 0.05) is 12.4 Å². The van der Waals surface area contributed by atoms with Gasteiger partial charge >= 0.3 is 0 Å². The fraction of sp³-hybridized carbons (Fsp3) is 0.444. The summed E-state index contributed by atoms with van der Waals surface area (Å²) in [6, 6.07) is 14.7. The lowest BCUT2D eigenvalue weighted by Crippen LogP contribution is -2.35. The lowest BCUT2D eigenvalue weighted by atomic mass is 10.0. The Morgan fingerprint density at radius 1 is 1.09 bits per heavy atom. The maximum Gasteiger partial charge on any atom is 0.192 e. The highest BCUT2D eigenvalue weighted by Crippen LogP contribution is 2.43. The van der Waals surface area contributed by atoms with Crippen molar-refractivity contribution in [1.82, 2.24) is 0 Å². The van der Waals surface area contributed by atoms with Crippen molar-refractivity contribution in [2.45, 2.75) is 45.5 Å². The van der Waals surface area contributed by atoms with E-state index in [2.05, 4.69) is 67.2 Å². The van der Waals surface area contributed by atoms with Crippen LogP contribution in [-0.2, 0) is 11.0 Å². The van der Waals surface area contributed by atoms with E-state index in [0.29, 0.717) is 0 Å². The van der Waals surface area contributed by atoms with Crippen LogP contribution >= 0.6 is 12.1 Å². The SMILES string of the molecule is CC[Si](CC)(CC)OCc1ccc2ccc3c(c2c1)N(C)SN3. The maximum atomic E-state index is 6.46. The Balaban J connectivity index is 1.90. The summed E-state index contributed by atoms with van der Waals surface area (Å²) < 4.78 is 12.0. The fourth-order valence-electron chi connectivity index (χ4n) is 3.32. The molecule has 0 bridgehead atoms. The first-order valence-electron chi connectivity index (χ1n) is 8.48. The minimum atomic E-state index is -1.53. The molecule has 124 valence electrons. The van der Waals surface area contributed by atoms with Crippen molar-refractivity contribution in [1.29, 1.82) is 0 Å². The summed E-state index contributed by atoms with van der Waals surface area (Å²) >= 11 is 1.63. The molecule has 0 radical (unpaired) electrons. The predicted octanol–water partition coefficient (Wildman–Crippen LogP) is 5.79. The quantitative estimate of drug-likeness (QED) is 0.529. The zero-order chi connectivity index (χ0) is 16.4. The van der Waals surface area contributed by atoms with Crippen molar-refractivity contribution in [2.24, 2.45) is 0 Å². The Kier molecular flexibility index (Phi) is 4.89. The van der Waals surface area contributed by atoms with Gasteiger partial charge in [-0.05, 0) is 41.2 Å². The Morgan fingerprint density at radius 3 is 2.48 bits per heavy atom. The third-order valence-corrected chi connectivity index (χ3v) is 10.5. The number of rotatable bonds is 6. The van der Waals surface area contributed by atoms with E-state index in [9.17, 15) is 0 Å². The van der Waals surface area contributed by atoms with Crippen molar-refractivity contribution in [3.63, 3.8) is 0 Å². The number of hydrogen-bond donors (Lipinski definition) is 1. The Hall–Kier alpha value is -1.17. The molecule has 0 saturated carbocycles. The van der Waals surface area contributed by atoms with Crippen molar-refractivity contribution >= 4 is 42.6 Å². The van der Waals surface area contributed by atoms with E-state index in [-0.39, 0.29) is 0 Å². The van der Waals surface area contributed by atoms with Gasteiger partial charge in [-0.3, -0.25) is 4.31 Å². The number of nitrogens with one attached hydrogen (secondary N) is 1. The van der Waals surface area contributed by atoms with Gasteiger partial charge in [0.1, 0.15) is 0 Å². The first-order valence-corrected chi connectivity index (χ1v) is 11.8. The largest absolute Gasteiger partial charge is 0.413 e. The Morgan fingerprint density at radius 2 is 1.78 bits per heavy atom. The van der Waals surface area contributed by atoms with Crippen LogP contribution in [0.5, 0.6) is 0 Å². The third kappa shape index (κ3) is 3.10. The molecule has 0 unspecified atom stereocenters. The van der Waals surface area contributed by atoms with Gasteiger partial charge in [-0.1, -0.05) is 39.0 Å². The van der Waals surface area contributed by atoms with Crippen molar-refractivity contribution in [3.05, 3.63) is 35.9 Å². The molecule has 0 aromatic heterocycles. The number of fused-ring (bicyclic) bond motifs is 3. The van der Waals surface area contributed by atoms with Crippen LogP contribution in [0.4, 0.5) is 11.4 Å². The minimum Gasteiger partial charge on any atom is -0.413 e. The molecule has 3 nitrogen and oxygen atoms in total. The van der Waals surface area contributed by atoms with Crippen LogP contribution in [0.1, 0.15) is 26.3 Å². The highest BCUT2D eigenvalue weighted by atomic mass is 32.2. The average molecular weight is 347 g/mol. The molecule has 0 fully saturated rings. The van der Waals surface area contributed by atoms with Crippen LogP contribution in [0.2, 0.25) is 18.1 Å². The molecular formula is C18H26N2OSSi. The summed E-state index contributed by atoms with van der Waals surface area (Å²) in [6.45, 7) is 7.59. The molecule has 0 spiro atoms. The lowest BCUT2D eigenvalue weighted by Gasteiger charge is -2.28. The summed E-state index contributed by atoms with van der Waals surface area (Å²) in [4.78, 5) is 0. The minimum absolute atomic E-state index is 0.742. The van der Waals surface area contributed by atoms with Gasteiger partial charge in [-0.25, -0.2) is 0 Å². The second-order valence-electron chi connectivity index (χ2n) is 6.24. The van der Waals surface area contributed by atoms with Gasteiger partial charge in [0.05, 0.1) is 30.1 Å². The molecule has 5 heteroatoms. The topological polar surface area (TPSA) is 24.5 Å². The van der Waals surface area contributed by atoms with E-state index in [1.54, 1.807) is 12.1 Å². The molecule has 1 heterocycles. The summed E-state index contributed by atoms with van der Waals surface area (Å²) in [7, 11) is 0.578. The summed E-state index contributed by atoms with van der Waals surface area (Å²) in [5.41, 5.74) is 3.75. The first-order chi connectivity index (χ1) is 11.1. The second-order valence-corrected chi connectivity index (χ2v) is 12.0. The molecule has 0 atom stereocenters. The van der Waals surface area contributed by atoms with Gasteiger partial charge in [0.2, 0.25) is 0 Å². The predicted molar refractivity (Wildman–Crippen MR) is 106 cm³/mol. The molecular weight excluding hydrogens is 320 g/mol. The Bertz CT molecular complexity index is 694. The van der Waals surface area contributed by atoms with Gasteiger partial charge in [0.15, 0.2) is 8.32 Å². The van der Waals surface area contributed by atoms with E-state index < -0.39 is 8.32 Å².